The van der Waals surface area contributed by atoms with Gasteiger partial charge in [-0.1, -0.05) is 12.1 Å². The molecule has 0 bridgehead atoms. The summed E-state index contributed by atoms with van der Waals surface area (Å²) < 4.78 is 28.7. The van der Waals surface area contributed by atoms with Crippen molar-refractivity contribution < 1.29 is 13.5 Å². The first-order chi connectivity index (χ1) is 8.00. The van der Waals surface area contributed by atoms with Crippen LogP contribution in [0.4, 0.5) is 8.78 Å². The predicted molar refractivity (Wildman–Crippen MR) is 65.2 cm³/mol. The van der Waals surface area contributed by atoms with Crippen LogP contribution in [0.1, 0.15) is 12.5 Å². The van der Waals surface area contributed by atoms with Crippen LogP contribution in [0, 0.1) is 0 Å². The third kappa shape index (κ3) is 4.31. The van der Waals surface area contributed by atoms with Crippen molar-refractivity contribution in [3.8, 4) is 5.75 Å². The lowest BCUT2D eigenvalue weighted by molar-refractivity contribution is -0.0499. The van der Waals surface area contributed by atoms with Crippen molar-refractivity contribution in [2.75, 3.05) is 0 Å². The van der Waals surface area contributed by atoms with E-state index in [1.54, 1.807) is 25.1 Å². The van der Waals surface area contributed by atoms with E-state index in [1.807, 2.05) is 0 Å². The monoisotopic (exact) mass is 259 g/mol. The number of benzene rings is 1. The fourth-order valence-electron chi connectivity index (χ4n) is 1.16. The first kappa shape index (κ1) is 13.3. The second-order valence-corrected chi connectivity index (χ2v) is 3.49. The van der Waals surface area contributed by atoms with Gasteiger partial charge in [-0.25, -0.2) is 0 Å². The van der Waals surface area contributed by atoms with Crippen molar-refractivity contribution in [2.45, 2.75) is 13.5 Å². The number of nitrogens with two attached hydrogens (primary N) is 1. The normalized spacial score (nSPS) is 11.4. The number of nitrogens with zero attached hydrogens (tertiary/aromatic N) is 1. The molecule has 0 spiro atoms. The summed E-state index contributed by atoms with van der Waals surface area (Å²) in [5.41, 5.74) is 8.46. The fourth-order valence-corrected chi connectivity index (χ4v) is 1.21. The zero-order valence-electron chi connectivity index (χ0n) is 8.98. The van der Waals surface area contributed by atoms with Gasteiger partial charge in [-0.3, -0.25) is 5.43 Å². The van der Waals surface area contributed by atoms with Crippen LogP contribution in [0.5, 0.6) is 5.75 Å². The molecule has 0 aliphatic carbocycles. The highest BCUT2D eigenvalue weighted by Crippen LogP contribution is 2.20. The molecule has 1 aromatic carbocycles. The Kier molecular flexibility index (Phi) is 4.77. The molecule has 0 radical (unpaired) electrons. The van der Waals surface area contributed by atoms with Crippen LogP contribution < -0.4 is 15.9 Å². The molecule has 1 aromatic rings. The summed E-state index contributed by atoms with van der Waals surface area (Å²) in [5, 5.41) is 3.83. The van der Waals surface area contributed by atoms with E-state index in [9.17, 15) is 8.78 Å². The van der Waals surface area contributed by atoms with Gasteiger partial charge in [0.2, 0.25) is 0 Å². The highest BCUT2D eigenvalue weighted by Gasteiger charge is 2.10. The van der Waals surface area contributed by atoms with Crippen LogP contribution in [0.3, 0.4) is 0 Å². The second kappa shape index (κ2) is 6.09. The SMILES string of the molecule is CC(=NNC(N)=S)c1ccccc1OC(F)F. The standard InChI is InChI=1S/C10H11F2N3OS/c1-6(14-15-10(13)17)7-4-2-3-5-8(7)16-9(11)12/h2-5,9H,1H3,(H3,13,15,17). The molecular formula is C10H11F2N3OS. The number of hydrazone groups is 1. The van der Waals surface area contributed by atoms with E-state index in [1.165, 1.54) is 6.07 Å². The van der Waals surface area contributed by atoms with Gasteiger partial charge in [-0.15, -0.1) is 0 Å². The van der Waals surface area contributed by atoms with Crippen molar-refractivity contribution in [1.29, 1.82) is 0 Å². The number of hydrogen-bond donors (Lipinski definition) is 2. The lowest BCUT2D eigenvalue weighted by Gasteiger charge is -2.10. The molecule has 0 aliphatic heterocycles. The Morgan fingerprint density at radius 3 is 2.71 bits per heavy atom. The molecule has 7 heteroatoms. The summed E-state index contributed by atoms with van der Waals surface area (Å²) in [4.78, 5) is 0. The summed E-state index contributed by atoms with van der Waals surface area (Å²) in [6.07, 6.45) is 0. The Labute approximate surface area is 102 Å². The minimum Gasteiger partial charge on any atom is -0.434 e. The highest BCUT2D eigenvalue weighted by molar-refractivity contribution is 7.80. The molecule has 0 fully saturated rings. The van der Waals surface area contributed by atoms with Gasteiger partial charge in [0.25, 0.3) is 0 Å². The van der Waals surface area contributed by atoms with Crippen LogP contribution in [-0.4, -0.2) is 17.4 Å². The first-order valence-corrected chi connectivity index (χ1v) is 5.05. The van der Waals surface area contributed by atoms with Crippen molar-refractivity contribution in [2.24, 2.45) is 10.8 Å². The molecular weight excluding hydrogens is 248 g/mol. The van der Waals surface area contributed by atoms with E-state index < -0.39 is 6.61 Å². The third-order valence-electron chi connectivity index (χ3n) is 1.83. The molecule has 92 valence electrons. The predicted octanol–water partition coefficient (Wildman–Crippen LogP) is 1.85. The number of alkyl halides is 2. The lowest BCUT2D eigenvalue weighted by Crippen LogP contribution is -2.25. The number of nitrogens with one attached hydrogen (secondary N) is 1. The van der Waals surface area contributed by atoms with Gasteiger partial charge in [-0.05, 0) is 31.3 Å². The Morgan fingerprint density at radius 2 is 2.12 bits per heavy atom. The molecule has 0 amide bonds. The van der Waals surface area contributed by atoms with E-state index in [2.05, 4.69) is 27.5 Å². The number of ether oxygens (including phenoxy) is 1. The minimum absolute atomic E-state index is 0.00314. The Balaban J connectivity index is 2.96. The number of halogens is 2. The van der Waals surface area contributed by atoms with E-state index in [-0.39, 0.29) is 10.9 Å². The van der Waals surface area contributed by atoms with Crippen LogP contribution >= 0.6 is 12.2 Å². The average molecular weight is 259 g/mol. The smallest absolute Gasteiger partial charge is 0.387 e. The molecule has 3 N–H and O–H groups in total. The maximum Gasteiger partial charge on any atom is 0.387 e. The zero-order chi connectivity index (χ0) is 12.8. The van der Waals surface area contributed by atoms with Gasteiger partial charge in [0.15, 0.2) is 5.11 Å². The minimum atomic E-state index is -2.88. The van der Waals surface area contributed by atoms with E-state index in [0.29, 0.717) is 11.3 Å². The number of hydrogen-bond acceptors (Lipinski definition) is 3. The molecule has 0 aliphatic rings. The van der Waals surface area contributed by atoms with Crippen molar-refractivity contribution in [1.82, 2.24) is 5.43 Å². The summed E-state index contributed by atoms with van der Waals surface area (Å²) in [6, 6.07) is 6.32. The van der Waals surface area contributed by atoms with Crippen LogP contribution in [0.25, 0.3) is 0 Å². The van der Waals surface area contributed by atoms with Crippen molar-refractivity contribution in [3.63, 3.8) is 0 Å². The maximum absolute atomic E-state index is 12.2. The molecule has 0 atom stereocenters. The molecule has 0 heterocycles. The van der Waals surface area contributed by atoms with Crippen molar-refractivity contribution in [3.05, 3.63) is 29.8 Å². The number of para-hydroxylation sites is 1. The number of thiocarbonyl (C=S) groups is 1. The first-order valence-electron chi connectivity index (χ1n) is 4.64. The summed E-state index contributed by atoms with van der Waals surface area (Å²) >= 11 is 4.58. The van der Waals surface area contributed by atoms with Gasteiger partial charge in [0, 0.05) is 5.56 Å². The molecule has 0 saturated carbocycles. The summed E-state index contributed by atoms with van der Waals surface area (Å²) in [6.45, 7) is -1.26. The van der Waals surface area contributed by atoms with E-state index in [4.69, 9.17) is 5.73 Å². The molecule has 1 rings (SSSR count). The molecule has 0 saturated heterocycles. The second-order valence-electron chi connectivity index (χ2n) is 3.05. The summed E-state index contributed by atoms with van der Waals surface area (Å²) in [7, 11) is 0. The van der Waals surface area contributed by atoms with E-state index in [0.717, 1.165) is 0 Å². The van der Waals surface area contributed by atoms with Crippen molar-refractivity contribution >= 4 is 23.0 Å². The van der Waals surface area contributed by atoms with Gasteiger partial charge in [0.1, 0.15) is 5.75 Å². The zero-order valence-corrected chi connectivity index (χ0v) is 9.80. The Morgan fingerprint density at radius 1 is 1.47 bits per heavy atom. The fraction of sp³-hybridized carbons (Fsp3) is 0.200. The number of rotatable bonds is 4. The Hall–Kier alpha value is -1.76. The third-order valence-corrected chi connectivity index (χ3v) is 1.92. The largest absolute Gasteiger partial charge is 0.434 e. The van der Waals surface area contributed by atoms with Gasteiger partial charge < -0.3 is 10.5 Å². The van der Waals surface area contributed by atoms with Crippen LogP contribution in [0.2, 0.25) is 0 Å². The summed E-state index contributed by atoms with van der Waals surface area (Å²) in [5.74, 6) is 0.0495. The van der Waals surface area contributed by atoms with Gasteiger partial charge in [-0.2, -0.15) is 13.9 Å². The molecule has 0 aromatic heterocycles. The van der Waals surface area contributed by atoms with Gasteiger partial charge in [0.05, 0.1) is 5.71 Å². The van der Waals surface area contributed by atoms with E-state index >= 15 is 0 Å². The molecule has 17 heavy (non-hydrogen) atoms. The maximum atomic E-state index is 12.2. The molecule has 4 nitrogen and oxygen atoms in total. The topological polar surface area (TPSA) is 59.6 Å². The van der Waals surface area contributed by atoms with Crippen LogP contribution in [0.15, 0.2) is 29.4 Å². The lowest BCUT2D eigenvalue weighted by atomic mass is 10.1. The molecule has 0 unspecified atom stereocenters. The van der Waals surface area contributed by atoms with Crippen LogP contribution in [-0.2, 0) is 0 Å². The highest BCUT2D eigenvalue weighted by atomic mass is 32.1. The van der Waals surface area contributed by atoms with Gasteiger partial charge >= 0.3 is 6.61 Å². The Bertz CT molecular complexity index is 437. The average Bonchev–Trinajstić information content (AvgIpc) is 2.25. The quantitative estimate of drug-likeness (QED) is 0.492.